The fourth-order valence-electron chi connectivity index (χ4n) is 2.69. The Morgan fingerprint density at radius 1 is 1.15 bits per heavy atom. The maximum atomic E-state index is 12.6. The summed E-state index contributed by atoms with van der Waals surface area (Å²) in [4.78, 5) is 26.4. The van der Waals surface area contributed by atoms with Gasteiger partial charge in [0.25, 0.3) is 5.91 Å². The molecule has 1 unspecified atom stereocenters. The molecule has 0 bridgehead atoms. The van der Waals surface area contributed by atoms with E-state index in [0.717, 1.165) is 26.7 Å². The molecule has 1 aromatic carbocycles. The van der Waals surface area contributed by atoms with E-state index in [-0.39, 0.29) is 11.9 Å². The number of nitrogens with zero attached hydrogens (tertiary/aromatic N) is 4. The molecule has 27 heavy (non-hydrogen) atoms. The molecule has 3 heterocycles. The molecule has 0 saturated heterocycles. The lowest BCUT2D eigenvalue weighted by Crippen LogP contribution is -2.26. The summed E-state index contributed by atoms with van der Waals surface area (Å²) >= 11 is 1.51. The summed E-state index contributed by atoms with van der Waals surface area (Å²) in [6, 6.07) is 11.4. The van der Waals surface area contributed by atoms with E-state index < -0.39 is 0 Å². The Morgan fingerprint density at radius 2 is 1.96 bits per heavy atom. The molecule has 136 valence electrons. The molecule has 0 aliphatic carbocycles. The summed E-state index contributed by atoms with van der Waals surface area (Å²) < 4.78 is 1.86. The van der Waals surface area contributed by atoms with E-state index in [1.54, 1.807) is 24.8 Å². The number of aromatic nitrogens is 4. The summed E-state index contributed by atoms with van der Waals surface area (Å²) in [6.45, 7) is 1.93. The van der Waals surface area contributed by atoms with Gasteiger partial charge in [-0.2, -0.15) is 0 Å². The topological polar surface area (TPSA) is 84.7 Å². The Morgan fingerprint density at radius 3 is 2.78 bits per heavy atom. The van der Waals surface area contributed by atoms with Crippen LogP contribution in [0.1, 0.15) is 28.3 Å². The van der Waals surface area contributed by atoms with Crippen molar-refractivity contribution in [1.29, 1.82) is 0 Å². The van der Waals surface area contributed by atoms with Crippen molar-refractivity contribution >= 4 is 39.1 Å². The number of amides is 1. The highest BCUT2D eigenvalue weighted by atomic mass is 32.1. The number of imidazole rings is 1. The Kier molecular flexibility index (Phi) is 4.55. The molecule has 4 rings (SSSR count). The van der Waals surface area contributed by atoms with E-state index in [0.29, 0.717) is 5.69 Å². The highest BCUT2D eigenvalue weighted by molar-refractivity contribution is 7.15. The van der Waals surface area contributed by atoms with Crippen LogP contribution in [0, 0.1) is 0 Å². The zero-order valence-electron chi connectivity index (χ0n) is 14.9. The SMILES string of the molecule is CC(NC(=O)c1cc2c(cn1)ncn2C)c1cnc(Nc2ccccc2)s1. The minimum atomic E-state index is -0.225. The predicted octanol–water partition coefficient (Wildman–Crippen LogP) is 3.66. The van der Waals surface area contributed by atoms with Crippen molar-refractivity contribution < 1.29 is 4.79 Å². The van der Waals surface area contributed by atoms with Gasteiger partial charge in [-0.1, -0.05) is 29.5 Å². The number of carbonyl (C=O) groups excluding carboxylic acids is 1. The zero-order chi connectivity index (χ0) is 18.8. The Hall–Kier alpha value is -3.26. The highest BCUT2D eigenvalue weighted by Crippen LogP contribution is 2.27. The van der Waals surface area contributed by atoms with Gasteiger partial charge in [-0.3, -0.25) is 4.79 Å². The smallest absolute Gasteiger partial charge is 0.270 e. The number of anilines is 2. The standard InChI is InChI=1S/C19H18N6OS/c1-12(17-10-21-19(27-17)24-13-6-4-3-5-7-13)23-18(26)14-8-16-15(9-20-14)22-11-25(16)2/h3-12H,1-2H3,(H,21,24)(H,23,26). The van der Waals surface area contributed by atoms with Crippen molar-refractivity contribution in [3.63, 3.8) is 0 Å². The number of benzene rings is 1. The molecule has 0 aliphatic rings. The van der Waals surface area contributed by atoms with Crippen LogP contribution in [0.4, 0.5) is 10.8 Å². The lowest BCUT2D eigenvalue weighted by Gasteiger charge is -2.11. The van der Waals surface area contributed by atoms with Crippen LogP contribution in [0.2, 0.25) is 0 Å². The van der Waals surface area contributed by atoms with Crippen molar-refractivity contribution in [3.8, 4) is 0 Å². The quantitative estimate of drug-likeness (QED) is 0.554. The van der Waals surface area contributed by atoms with Gasteiger partial charge in [-0.05, 0) is 25.1 Å². The summed E-state index contributed by atoms with van der Waals surface area (Å²) in [6.07, 6.45) is 5.09. The van der Waals surface area contributed by atoms with E-state index >= 15 is 0 Å². The van der Waals surface area contributed by atoms with E-state index in [1.807, 2.05) is 48.9 Å². The molecule has 0 spiro atoms. The fraction of sp³-hybridized carbons (Fsp3) is 0.158. The molecule has 1 atom stereocenters. The fourth-order valence-corrected chi connectivity index (χ4v) is 3.52. The Bertz CT molecular complexity index is 1090. The first-order valence-electron chi connectivity index (χ1n) is 8.46. The second kappa shape index (κ2) is 7.16. The highest BCUT2D eigenvalue weighted by Gasteiger charge is 2.16. The number of para-hydroxylation sites is 1. The third-order valence-electron chi connectivity index (χ3n) is 4.17. The van der Waals surface area contributed by atoms with Crippen LogP contribution in [-0.2, 0) is 7.05 Å². The number of fused-ring (bicyclic) bond motifs is 1. The van der Waals surface area contributed by atoms with Gasteiger partial charge < -0.3 is 15.2 Å². The molecule has 4 aromatic rings. The van der Waals surface area contributed by atoms with Crippen LogP contribution < -0.4 is 10.6 Å². The van der Waals surface area contributed by atoms with E-state index in [9.17, 15) is 4.79 Å². The molecule has 2 N–H and O–H groups in total. The lowest BCUT2D eigenvalue weighted by atomic mass is 10.2. The Balaban J connectivity index is 1.45. The number of thiazole rings is 1. The summed E-state index contributed by atoms with van der Waals surface area (Å²) in [7, 11) is 1.89. The van der Waals surface area contributed by atoms with E-state index in [1.165, 1.54) is 11.3 Å². The molecule has 0 fully saturated rings. The number of nitrogens with one attached hydrogen (secondary N) is 2. The number of rotatable bonds is 5. The third kappa shape index (κ3) is 3.65. The van der Waals surface area contributed by atoms with E-state index in [2.05, 4.69) is 25.6 Å². The number of pyridine rings is 1. The van der Waals surface area contributed by atoms with Crippen LogP contribution in [0.25, 0.3) is 11.0 Å². The Labute approximate surface area is 160 Å². The second-order valence-electron chi connectivity index (χ2n) is 6.17. The molecular weight excluding hydrogens is 360 g/mol. The lowest BCUT2D eigenvalue weighted by molar-refractivity contribution is 0.0935. The molecule has 0 saturated carbocycles. The third-order valence-corrected chi connectivity index (χ3v) is 5.26. The number of carbonyl (C=O) groups is 1. The van der Waals surface area contributed by atoms with Gasteiger partial charge in [-0.25, -0.2) is 15.0 Å². The first-order valence-corrected chi connectivity index (χ1v) is 9.27. The molecule has 0 aliphatic heterocycles. The van der Waals surface area contributed by atoms with Gasteiger partial charge >= 0.3 is 0 Å². The number of hydrogen-bond donors (Lipinski definition) is 2. The maximum Gasteiger partial charge on any atom is 0.270 e. The number of hydrogen-bond acceptors (Lipinski definition) is 6. The molecule has 8 heteroatoms. The van der Waals surface area contributed by atoms with Crippen LogP contribution in [0.3, 0.4) is 0 Å². The van der Waals surface area contributed by atoms with Crippen LogP contribution in [-0.4, -0.2) is 25.4 Å². The van der Waals surface area contributed by atoms with Crippen LogP contribution in [0.5, 0.6) is 0 Å². The first kappa shape index (κ1) is 17.2. The zero-order valence-corrected chi connectivity index (χ0v) is 15.7. The summed E-state index contributed by atoms with van der Waals surface area (Å²) in [5, 5.41) is 7.02. The van der Waals surface area contributed by atoms with Crippen LogP contribution >= 0.6 is 11.3 Å². The van der Waals surface area contributed by atoms with Crippen molar-refractivity contribution in [2.24, 2.45) is 7.05 Å². The summed E-state index contributed by atoms with van der Waals surface area (Å²) in [5.41, 5.74) is 2.98. The first-order chi connectivity index (χ1) is 13.1. The monoisotopic (exact) mass is 378 g/mol. The normalized spacial score (nSPS) is 12.1. The molecule has 1 amide bonds. The van der Waals surface area contributed by atoms with Crippen molar-refractivity contribution in [3.05, 3.63) is 65.7 Å². The minimum absolute atomic E-state index is 0.176. The van der Waals surface area contributed by atoms with Crippen molar-refractivity contribution in [2.75, 3.05) is 5.32 Å². The van der Waals surface area contributed by atoms with Crippen molar-refractivity contribution in [1.82, 2.24) is 24.8 Å². The van der Waals surface area contributed by atoms with Gasteiger partial charge in [0, 0.05) is 23.8 Å². The van der Waals surface area contributed by atoms with E-state index in [4.69, 9.17) is 0 Å². The molecule has 0 radical (unpaired) electrons. The molecule has 7 nitrogen and oxygen atoms in total. The predicted molar refractivity (Wildman–Crippen MR) is 106 cm³/mol. The van der Waals surface area contributed by atoms with Gasteiger partial charge in [-0.15, -0.1) is 0 Å². The average Bonchev–Trinajstić information content (AvgIpc) is 3.29. The van der Waals surface area contributed by atoms with Gasteiger partial charge in [0.1, 0.15) is 11.2 Å². The number of aryl methyl sites for hydroxylation is 1. The summed E-state index contributed by atoms with van der Waals surface area (Å²) in [5.74, 6) is -0.225. The van der Waals surface area contributed by atoms with Gasteiger partial charge in [0.05, 0.1) is 24.1 Å². The minimum Gasteiger partial charge on any atom is -0.343 e. The molecular formula is C19H18N6OS. The van der Waals surface area contributed by atoms with Crippen LogP contribution in [0.15, 0.2) is 55.1 Å². The van der Waals surface area contributed by atoms with Crippen molar-refractivity contribution in [2.45, 2.75) is 13.0 Å². The van der Waals surface area contributed by atoms with Gasteiger partial charge in [0.15, 0.2) is 5.13 Å². The largest absolute Gasteiger partial charge is 0.343 e. The molecule has 3 aromatic heterocycles. The average molecular weight is 378 g/mol. The second-order valence-corrected chi connectivity index (χ2v) is 7.23. The maximum absolute atomic E-state index is 12.6. The van der Waals surface area contributed by atoms with Gasteiger partial charge in [0.2, 0.25) is 0 Å².